The standard InChI is InChI=1S/C24H24F3NO2/c1-22(11-9-16-7-8-18(30-2)13-20(16)22)15-23(29,24(25,26)27)14-17-10-12-28-21-6-4-3-5-19(17)21/h3-8,10,12-13,29H,9,11,14-15H2,1-2H3. The number of hydrogen-bond acceptors (Lipinski definition) is 3. The van der Waals surface area contributed by atoms with Crippen molar-refractivity contribution < 1.29 is 23.0 Å². The van der Waals surface area contributed by atoms with Crippen LogP contribution in [0.3, 0.4) is 0 Å². The molecular formula is C24H24F3NO2. The van der Waals surface area contributed by atoms with Crippen LogP contribution in [0.25, 0.3) is 10.9 Å². The average molecular weight is 415 g/mol. The second kappa shape index (κ2) is 7.27. The number of ether oxygens (including phenoxy) is 1. The van der Waals surface area contributed by atoms with Crippen LogP contribution < -0.4 is 4.74 Å². The maximum absolute atomic E-state index is 14.2. The number of nitrogens with zero attached hydrogens (tertiary/aromatic N) is 1. The molecule has 0 fully saturated rings. The minimum Gasteiger partial charge on any atom is -0.497 e. The van der Waals surface area contributed by atoms with Crippen molar-refractivity contribution >= 4 is 10.9 Å². The first-order chi connectivity index (χ1) is 14.2. The van der Waals surface area contributed by atoms with Gasteiger partial charge in [0.25, 0.3) is 0 Å². The van der Waals surface area contributed by atoms with E-state index in [1.165, 1.54) is 13.3 Å². The largest absolute Gasteiger partial charge is 0.497 e. The van der Waals surface area contributed by atoms with Crippen LogP contribution in [0.15, 0.2) is 54.7 Å². The van der Waals surface area contributed by atoms with Crippen LogP contribution in [0.5, 0.6) is 5.75 Å². The summed E-state index contributed by atoms with van der Waals surface area (Å²) in [6, 6.07) is 14.2. The van der Waals surface area contributed by atoms with E-state index in [0.29, 0.717) is 35.1 Å². The number of aromatic nitrogens is 1. The number of hydrogen-bond donors (Lipinski definition) is 1. The van der Waals surface area contributed by atoms with Crippen molar-refractivity contribution in [3.05, 3.63) is 71.4 Å². The van der Waals surface area contributed by atoms with E-state index in [4.69, 9.17) is 4.74 Å². The lowest BCUT2D eigenvalue weighted by atomic mass is 9.72. The fourth-order valence-electron chi connectivity index (χ4n) is 4.72. The van der Waals surface area contributed by atoms with Gasteiger partial charge in [0.1, 0.15) is 5.75 Å². The van der Waals surface area contributed by atoms with Crippen molar-refractivity contribution in [1.29, 1.82) is 0 Å². The molecule has 158 valence electrons. The van der Waals surface area contributed by atoms with Gasteiger partial charge in [0, 0.05) is 18.0 Å². The number of aliphatic hydroxyl groups is 1. The summed E-state index contributed by atoms with van der Waals surface area (Å²) in [6.45, 7) is 1.81. The zero-order chi connectivity index (χ0) is 21.6. The third-order valence-electron chi connectivity index (χ3n) is 6.35. The Hall–Kier alpha value is -2.60. The average Bonchev–Trinajstić information content (AvgIpc) is 3.03. The van der Waals surface area contributed by atoms with Crippen molar-refractivity contribution in [2.24, 2.45) is 0 Å². The first kappa shape index (κ1) is 20.7. The van der Waals surface area contributed by atoms with Gasteiger partial charge in [-0.2, -0.15) is 13.2 Å². The molecule has 1 aliphatic rings. The first-order valence-corrected chi connectivity index (χ1v) is 9.94. The second-order valence-electron chi connectivity index (χ2n) is 8.45. The molecule has 3 aromatic rings. The van der Waals surface area contributed by atoms with Gasteiger partial charge in [0.15, 0.2) is 5.60 Å². The molecular weight excluding hydrogens is 391 g/mol. The molecule has 0 spiro atoms. The van der Waals surface area contributed by atoms with Gasteiger partial charge < -0.3 is 9.84 Å². The Morgan fingerprint density at radius 2 is 1.90 bits per heavy atom. The van der Waals surface area contributed by atoms with Gasteiger partial charge in [-0.1, -0.05) is 31.2 Å². The Morgan fingerprint density at radius 3 is 2.63 bits per heavy atom. The Bertz CT molecular complexity index is 1080. The Labute approximate surface area is 173 Å². The lowest BCUT2D eigenvalue weighted by Crippen LogP contribution is -2.51. The number of para-hydroxylation sites is 1. The van der Waals surface area contributed by atoms with E-state index in [2.05, 4.69) is 4.98 Å². The van der Waals surface area contributed by atoms with Crippen LogP contribution in [0.1, 0.15) is 36.5 Å². The van der Waals surface area contributed by atoms with Gasteiger partial charge in [-0.25, -0.2) is 0 Å². The van der Waals surface area contributed by atoms with E-state index in [-0.39, 0.29) is 0 Å². The maximum atomic E-state index is 14.2. The molecule has 0 saturated heterocycles. The summed E-state index contributed by atoms with van der Waals surface area (Å²) in [6.07, 6.45) is -2.99. The summed E-state index contributed by atoms with van der Waals surface area (Å²) in [5, 5.41) is 11.7. The SMILES string of the molecule is COc1ccc2c(c1)C(C)(CC(O)(Cc1ccnc3ccccc13)C(F)(F)F)CC2. The highest BCUT2D eigenvalue weighted by Gasteiger charge is 2.57. The molecule has 1 aromatic heterocycles. The zero-order valence-corrected chi connectivity index (χ0v) is 17.0. The number of benzene rings is 2. The topological polar surface area (TPSA) is 42.4 Å². The summed E-state index contributed by atoms with van der Waals surface area (Å²) < 4.78 is 48.0. The third-order valence-corrected chi connectivity index (χ3v) is 6.35. The quantitative estimate of drug-likeness (QED) is 0.609. The fourth-order valence-corrected chi connectivity index (χ4v) is 4.72. The van der Waals surface area contributed by atoms with Crippen LogP contribution in [0, 0.1) is 0 Å². The highest BCUT2D eigenvalue weighted by molar-refractivity contribution is 5.81. The lowest BCUT2D eigenvalue weighted by molar-refractivity contribution is -0.266. The van der Waals surface area contributed by atoms with E-state index in [1.807, 2.05) is 12.1 Å². The Balaban J connectivity index is 1.74. The minimum absolute atomic E-state index is 0.416. The predicted octanol–water partition coefficient (Wildman–Crippen LogP) is 5.37. The lowest BCUT2D eigenvalue weighted by Gasteiger charge is -2.38. The molecule has 1 heterocycles. The van der Waals surface area contributed by atoms with Crippen LogP contribution in [0.2, 0.25) is 0 Å². The number of alkyl halides is 3. The van der Waals surface area contributed by atoms with E-state index in [0.717, 1.165) is 11.1 Å². The van der Waals surface area contributed by atoms with Gasteiger partial charge in [0.05, 0.1) is 12.6 Å². The summed E-state index contributed by atoms with van der Waals surface area (Å²) >= 11 is 0. The molecule has 0 amide bonds. The van der Waals surface area contributed by atoms with E-state index in [1.54, 1.807) is 43.3 Å². The molecule has 6 heteroatoms. The molecule has 1 aliphatic carbocycles. The first-order valence-electron chi connectivity index (χ1n) is 9.94. The molecule has 0 radical (unpaired) electrons. The van der Waals surface area contributed by atoms with Crippen LogP contribution >= 0.6 is 0 Å². The number of fused-ring (bicyclic) bond motifs is 2. The van der Waals surface area contributed by atoms with Gasteiger partial charge in [-0.3, -0.25) is 4.98 Å². The van der Waals surface area contributed by atoms with Crippen molar-refractivity contribution in [2.75, 3.05) is 7.11 Å². The molecule has 2 atom stereocenters. The molecule has 3 nitrogen and oxygen atoms in total. The van der Waals surface area contributed by atoms with Gasteiger partial charge in [-0.15, -0.1) is 0 Å². The van der Waals surface area contributed by atoms with E-state index >= 15 is 0 Å². The van der Waals surface area contributed by atoms with Crippen molar-refractivity contribution in [1.82, 2.24) is 4.98 Å². The summed E-state index contributed by atoms with van der Waals surface area (Å²) in [5.41, 5.74) is -0.788. The van der Waals surface area contributed by atoms with E-state index in [9.17, 15) is 18.3 Å². The highest BCUT2D eigenvalue weighted by atomic mass is 19.4. The Kier molecular flexibility index (Phi) is 5.01. The smallest absolute Gasteiger partial charge is 0.417 e. The fraction of sp³-hybridized carbons (Fsp3) is 0.375. The molecule has 2 unspecified atom stereocenters. The van der Waals surface area contributed by atoms with Crippen LogP contribution in [-0.4, -0.2) is 29.0 Å². The Morgan fingerprint density at radius 1 is 1.13 bits per heavy atom. The molecule has 0 saturated carbocycles. The molecule has 1 N–H and O–H groups in total. The summed E-state index contributed by atoms with van der Waals surface area (Å²) in [7, 11) is 1.54. The van der Waals surface area contributed by atoms with Crippen molar-refractivity contribution in [3.8, 4) is 5.75 Å². The third kappa shape index (κ3) is 3.54. The molecule has 4 rings (SSSR count). The van der Waals surface area contributed by atoms with Crippen LogP contribution in [-0.2, 0) is 18.3 Å². The maximum Gasteiger partial charge on any atom is 0.417 e. The van der Waals surface area contributed by atoms with E-state index < -0.39 is 30.0 Å². The molecule has 0 aliphatic heterocycles. The van der Waals surface area contributed by atoms with Crippen molar-refractivity contribution in [2.45, 2.75) is 49.8 Å². The zero-order valence-electron chi connectivity index (χ0n) is 17.0. The van der Waals surface area contributed by atoms with Crippen molar-refractivity contribution in [3.63, 3.8) is 0 Å². The number of methoxy groups -OCH3 is 1. The number of aryl methyl sites for hydroxylation is 1. The highest BCUT2D eigenvalue weighted by Crippen LogP contribution is 2.49. The van der Waals surface area contributed by atoms with Gasteiger partial charge in [0.2, 0.25) is 0 Å². The van der Waals surface area contributed by atoms with Gasteiger partial charge in [-0.05, 0) is 65.6 Å². The molecule has 30 heavy (non-hydrogen) atoms. The van der Waals surface area contributed by atoms with Crippen LogP contribution in [0.4, 0.5) is 13.2 Å². The minimum atomic E-state index is -4.78. The van der Waals surface area contributed by atoms with Gasteiger partial charge >= 0.3 is 6.18 Å². The predicted molar refractivity (Wildman–Crippen MR) is 110 cm³/mol. The molecule has 2 aromatic carbocycles. The normalized spacial score (nSPS) is 20.7. The monoisotopic (exact) mass is 415 g/mol. The summed E-state index contributed by atoms with van der Waals surface area (Å²) in [4.78, 5) is 4.22. The number of pyridine rings is 1. The number of halogens is 3. The second-order valence-corrected chi connectivity index (χ2v) is 8.45. The summed E-state index contributed by atoms with van der Waals surface area (Å²) in [5.74, 6) is 0.609. The number of rotatable bonds is 5. The molecule has 0 bridgehead atoms.